The SMILES string of the molecule is CCC[C@@H](C)Oc1nc(N)c2nc(OC)n(CCC3CCOCC3)c2n1. The van der Waals surface area contributed by atoms with Crippen LogP contribution in [-0.4, -0.2) is 45.9 Å². The number of rotatable bonds is 8. The first-order chi connectivity index (χ1) is 12.6. The van der Waals surface area contributed by atoms with E-state index in [9.17, 15) is 0 Å². The van der Waals surface area contributed by atoms with Gasteiger partial charge in [-0.25, -0.2) is 0 Å². The van der Waals surface area contributed by atoms with Gasteiger partial charge in [0.05, 0.1) is 13.2 Å². The van der Waals surface area contributed by atoms with Gasteiger partial charge in [0, 0.05) is 19.8 Å². The normalized spacial score (nSPS) is 16.7. The lowest BCUT2D eigenvalue weighted by atomic mass is 9.97. The van der Waals surface area contributed by atoms with Crippen molar-refractivity contribution in [2.45, 2.75) is 58.6 Å². The first-order valence-electron chi connectivity index (χ1n) is 9.44. The molecule has 1 fully saturated rings. The highest BCUT2D eigenvalue weighted by Gasteiger charge is 2.20. The van der Waals surface area contributed by atoms with Crippen LogP contribution in [0.5, 0.6) is 12.0 Å². The highest BCUT2D eigenvalue weighted by Crippen LogP contribution is 2.28. The van der Waals surface area contributed by atoms with Crippen molar-refractivity contribution in [3.8, 4) is 12.0 Å². The molecule has 144 valence electrons. The fourth-order valence-corrected chi connectivity index (χ4v) is 3.38. The molecule has 3 heterocycles. The number of anilines is 1. The van der Waals surface area contributed by atoms with Crippen LogP contribution in [0.4, 0.5) is 5.82 Å². The highest BCUT2D eigenvalue weighted by molar-refractivity contribution is 5.83. The van der Waals surface area contributed by atoms with E-state index in [-0.39, 0.29) is 6.10 Å². The highest BCUT2D eigenvalue weighted by atomic mass is 16.5. The Morgan fingerprint density at radius 2 is 2.04 bits per heavy atom. The fraction of sp³-hybridized carbons (Fsp3) is 0.722. The summed E-state index contributed by atoms with van der Waals surface area (Å²) in [6, 6.07) is 0.803. The predicted octanol–water partition coefficient (Wildman–Crippen LogP) is 2.80. The molecule has 2 N–H and O–H groups in total. The van der Waals surface area contributed by atoms with Crippen molar-refractivity contribution in [1.82, 2.24) is 19.5 Å². The summed E-state index contributed by atoms with van der Waals surface area (Å²) in [6.07, 6.45) is 5.22. The Kier molecular flexibility index (Phi) is 6.13. The molecule has 0 radical (unpaired) electrons. The predicted molar refractivity (Wildman–Crippen MR) is 99.4 cm³/mol. The summed E-state index contributed by atoms with van der Waals surface area (Å²) in [5.74, 6) is 0.960. The minimum Gasteiger partial charge on any atom is -0.468 e. The standard InChI is InChI=1S/C18H29N5O3/c1-4-5-12(2)26-17-21-15(19)14-16(22-17)23(18(20-14)24-3)9-6-13-7-10-25-11-8-13/h12-13H,4-11H2,1-3H3,(H2,19,21,22)/t12-/m1/s1. The van der Waals surface area contributed by atoms with E-state index in [0.717, 1.165) is 51.9 Å². The molecule has 1 aliphatic heterocycles. The van der Waals surface area contributed by atoms with Crippen LogP contribution >= 0.6 is 0 Å². The Labute approximate surface area is 154 Å². The third-order valence-corrected chi connectivity index (χ3v) is 4.85. The number of hydrogen-bond acceptors (Lipinski definition) is 7. The van der Waals surface area contributed by atoms with Crippen molar-refractivity contribution >= 4 is 17.0 Å². The van der Waals surface area contributed by atoms with Crippen molar-refractivity contribution in [3.05, 3.63) is 0 Å². The second-order valence-electron chi connectivity index (χ2n) is 6.88. The van der Waals surface area contributed by atoms with Gasteiger partial charge in [0.15, 0.2) is 17.0 Å². The topological polar surface area (TPSA) is 97.3 Å². The zero-order valence-electron chi connectivity index (χ0n) is 15.9. The van der Waals surface area contributed by atoms with Gasteiger partial charge in [-0.2, -0.15) is 15.0 Å². The van der Waals surface area contributed by atoms with Crippen LogP contribution in [-0.2, 0) is 11.3 Å². The summed E-state index contributed by atoms with van der Waals surface area (Å²) in [7, 11) is 1.61. The van der Waals surface area contributed by atoms with Crippen LogP contribution in [0.2, 0.25) is 0 Å². The number of aromatic nitrogens is 4. The quantitative estimate of drug-likeness (QED) is 0.770. The molecule has 8 nitrogen and oxygen atoms in total. The second-order valence-corrected chi connectivity index (χ2v) is 6.88. The van der Waals surface area contributed by atoms with E-state index in [1.165, 1.54) is 0 Å². The summed E-state index contributed by atoms with van der Waals surface area (Å²) < 4.78 is 18.7. The van der Waals surface area contributed by atoms with Gasteiger partial charge < -0.3 is 19.9 Å². The number of methoxy groups -OCH3 is 1. The van der Waals surface area contributed by atoms with Gasteiger partial charge in [0.1, 0.15) is 0 Å². The van der Waals surface area contributed by atoms with E-state index in [4.69, 9.17) is 19.9 Å². The first-order valence-corrected chi connectivity index (χ1v) is 9.44. The van der Waals surface area contributed by atoms with E-state index in [2.05, 4.69) is 21.9 Å². The van der Waals surface area contributed by atoms with Gasteiger partial charge >= 0.3 is 6.01 Å². The van der Waals surface area contributed by atoms with Gasteiger partial charge in [-0.15, -0.1) is 0 Å². The molecule has 0 amide bonds. The van der Waals surface area contributed by atoms with Gasteiger partial charge in [0.25, 0.3) is 6.01 Å². The Morgan fingerprint density at radius 1 is 1.27 bits per heavy atom. The number of nitrogens with zero attached hydrogens (tertiary/aromatic N) is 4. The number of imidazole rings is 1. The Balaban J connectivity index is 1.85. The van der Waals surface area contributed by atoms with Gasteiger partial charge in [-0.3, -0.25) is 4.57 Å². The zero-order chi connectivity index (χ0) is 18.5. The van der Waals surface area contributed by atoms with Crippen LogP contribution in [0.3, 0.4) is 0 Å². The third-order valence-electron chi connectivity index (χ3n) is 4.85. The molecule has 0 unspecified atom stereocenters. The van der Waals surface area contributed by atoms with E-state index in [1.54, 1.807) is 7.11 Å². The van der Waals surface area contributed by atoms with Crippen molar-refractivity contribution in [1.29, 1.82) is 0 Å². The lowest BCUT2D eigenvalue weighted by Gasteiger charge is -2.22. The maximum atomic E-state index is 6.10. The summed E-state index contributed by atoms with van der Waals surface area (Å²) in [5, 5.41) is 0. The number of aryl methyl sites for hydroxylation is 1. The van der Waals surface area contributed by atoms with Gasteiger partial charge in [-0.1, -0.05) is 13.3 Å². The van der Waals surface area contributed by atoms with Crippen molar-refractivity contribution in [3.63, 3.8) is 0 Å². The summed E-state index contributed by atoms with van der Waals surface area (Å²) in [6.45, 7) is 6.58. The molecule has 26 heavy (non-hydrogen) atoms. The minimum absolute atomic E-state index is 0.0392. The molecule has 1 atom stereocenters. The maximum absolute atomic E-state index is 6.10. The molecule has 2 aromatic rings. The number of fused-ring (bicyclic) bond motifs is 1. The van der Waals surface area contributed by atoms with Crippen LogP contribution in [0, 0.1) is 5.92 Å². The summed E-state index contributed by atoms with van der Waals surface area (Å²) in [4.78, 5) is 13.3. The molecule has 0 aromatic carbocycles. The molecule has 0 bridgehead atoms. The lowest BCUT2D eigenvalue weighted by molar-refractivity contribution is 0.0625. The molecule has 8 heteroatoms. The number of nitrogens with two attached hydrogens (primary N) is 1. The molecular formula is C18H29N5O3. The van der Waals surface area contributed by atoms with Crippen LogP contribution in [0.1, 0.15) is 46.0 Å². The van der Waals surface area contributed by atoms with Crippen molar-refractivity contribution in [2.24, 2.45) is 5.92 Å². The second kappa shape index (κ2) is 8.53. The van der Waals surface area contributed by atoms with Crippen molar-refractivity contribution in [2.75, 3.05) is 26.1 Å². The van der Waals surface area contributed by atoms with Crippen molar-refractivity contribution < 1.29 is 14.2 Å². The molecule has 1 saturated heterocycles. The van der Waals surface area contributed by atoms with E-state index >= 15 is 0 Å². The molecule has 0 aliphatic carbocycles. The molecular weight excluding hydrogens is 334 g/mol. The Morgan fingerprint density at radius 3 is 2.73 bits per heavy atom. The summed E-state index contributed by atoms with van der Waals surface area (Å²) >= 11 is 0. The Hall–Kier alpha value is -2.09. The van der Waals surface area contributed by atoms with Crippen LogP contribution < -0.4 is 15.2 Å². The third kappa shape index (κ3) is 4.17. The van der Waals surface area contributed by atoms with Gasteiger partial charge in [0.2, 0.25) is 0 Å². The molecule has 0 saturated carbocycles. The number of hydrogen-bond donors (Lipinski definition) is 1. The molecule has 3 rings (SSSR count). The van der Waals surface area contributed by atoms with E-state index in [0.29, 0.717) is 34.9 Å². The fourth-order valence-electron chi connectivity index (χ4n) is 3.38. The van der Waals surface area contributed by atoms with E-state index in [1.807, 2.05) is 11.5 Å². The average Bonchev–Trinajstić information content (AvgIpc) is 2.99. The maximum Gasteiger partial charge on any atom is 0.320 e. The molecule has 2 aromatic heterocycles. The minimum atomic E-state index is 0.0392. The largest absolute Gasteiger partial charge is 0.468 e. The molecule has 1 aliphatic rings. The van der Waals surface area contributed by atoms with E-state index < -0.39 is 0 Å². The number of ether oxygens (including phenoxy) is 3. The monoisotopic (exact) mass is 363 g/mol. The molecule has 0 spiro atoms. The lowest BCUT2D eigenvalue weighted by Crippen LogP contribution is -2.18. The first kappa shape index (κ1) is 18.7. The smallest absolute Gasteiger partial charge is 0.320 e. The van der Waals surface area contributed by atoms with Crippen LogP contribution in [0.15, 0.2) is 0 Å². The number of nitrogen functional groups attached to an aromatic ring is 1. The average molecular weight is 363 g/mol. The summed E-state index contributed by atoms with van der Waals surface area (Å²) in [5.41, 5.74) is 7.33. The van der Waals surface area contributed by atoms with Crippen LogP contribution in [0.25, 0.3) is 11.2 Å². The Bertz CT molecular complexity index is 727. The van der Waals surface area contributed by atoms with Gasteiger partial charge in [-0.05, 0) is 38.5 Å². The zero-order valence-corrected chi connectivity index (χ0v) is 15.9.